The fourth-order valence-electron chi connectivity index (χ4n) is 2.44. The van der Waals surface area contributed by atoms with Crippen LogP contribution in [0.25, 0.3) is 0 Å². The van der Waals surface area contributed by atoms with E-state index in [0.29, 0.717) is 0 Å². The molecule has 108 valence electrons. The first-order valence-corrected chi connectivity index (χ1v) is 8.61. The van der Waals surface area contributed by atoms with Crippen LogP contribution in [-0.4, -0.2) is 14.5 Å². The van der Waals surface area contributed by atoms with Crippen LogP contribution in [0, 0.1) is 11.3 Å². The molecule has 0 aromatic heterocycles. The summed E-state index contributed by atoms with van der Waals surface area (Å²) in [6.45, 7) is 0. The second kappa shape index (κ2) is 6.57. The summed E-state index contributed by atoms with van der Waals surface area (Å²) in [5.74, 6) is 0. The Kier molecular flexibility index (Phi) is 5.03. The summed E-state index contributed by atoms with van der Waals surface area (Å²) >= 11 is 5.89. The highest BCUT2D eigenvalue weighted by Gasteiger charge is 2.21. The van der Waals surface area contributed by atoms with Crippen LogP contribution in [0.5, 0.6) is 0 Å². The van der Waals surface area contributed by atoms with E-state index in [2.05, 4.69) is 4.72 Å². The van der Waals surface area contributed by atoms with Gasteiger partial charge in [-0.3, -0.25) is 0 Å². The third kappa shape index (κ3) is 3.72. The average molecular weight is 313 g/mol. The summed E-state index contributed by atoms with van der Waals surface area (Å²) < 4.78 is 27.4. The number of nitriles is 1. The van der Waals surface area contributed by atoms with E-state index in [9.17, 15) is 8.42 Å². The molecule has 1 aromatic rings. The van der Waals surface area contributed by atoms with Gasteiger partial charge in [0.1, 0.15) is 6.07 Å². The Morgan fingerprint density at radius 1 is 1.20 bits per heavy atom. The van der Waals surface area contributed by atoms with Crippen molar-refractivity contribution in [2.45, 2.75) is 49.5 Å². The third-order valence-electron chi connectivity index (χ3n) is 3.55. The first-order chi connectivity index (χ1) is 9.53. The molecule has 0 heterocycles. The zero-order valence-electron chi connectivity index (χ0n) is 11.1. The van der Waals surface area contributed by atoms with Crippen molar-refractivity contribution in [1.82, 2.24) is 4.72 Å². The maximum Gasteiger partial charge on any atom is 0.240 e. The predicted octanol–water partition coefficient (Wildman–Crippen LogP) is 3.21. The molecule has 6 heteroatoms. The molecule has 1 N–H and O–H groups in total. The van der Waals surface area contributed by atoms with Crippen LogP contribution in [0.4, 0.5) is 0 Å². The number of hydrogen-bond donors (Lipinski definition) is 1. The summed E-state index contributed by atoms with van der Waals surface area (Å²) in [5, 5.41) is 8.97. The van der Waals surface area contributed by atoms with Crippen molar-refractivity contribution in [3.05, 3.63) is 28.8 Å². The molecule has 0 bridgehead atoms. The van der Waals surface area contributed by atoms with Gasteiger partial charge in [0.15, 0.2) is 0 Å². The molecule has 2 rings (SSSR count). The van der Waals surface area contributed by atoms with Gasteiger partial charge < -0.3 is 0 Å². The fraction of sp³-hybridized carbons (Fsp3) is 0.500. The van der Waals surface area contributed by atoms with Crippen LogP contribution in [0.3, 0.4) is 0 Å². The first kappa shape index (κ1) is 15.3. The lowest BCUT2D eigenvalue weighted by Crippen LogP contribution is -2.34. The van der Waals surface area contributed by atoms with Crippen molar-refractivity contribution in [2.24, 2.45) is 0 Å². The quantitative estimate of drug-likeness (QED) is 0.871. The summed E-state index contributed by atoms with van der Waals surface area (Å²) in [7, 11) is -3.57. The molecule has 0 radical (unpaired) electrons. The van der Waals surface area contributed by atoms with Gasteiger partial charge in [0.25, 0.3) is 0 Å². The van der Waals surface area contributed by atoms with Crippen molar-refractivity contribution in [1.29, 1.82) is 5.26 Å². The van der Waals surface area contributed by atoms with Crippen LogP contribution in [0.2, 0.25) is 5.02 Å². The molecule has 20 heavy (non-hydrogen) atoms. The second-order valence-corrected chi connectivity index (χ2v) is 7.18. The maximum absolute atomic E-state index is 12.3. The van der Waals surface area contributed by atoms with E-state index in [1.165, 1.54) is 31.0 Å². The van der Waals surface area contributed by atoms with E-state index in [1.54, 1.807) is 0 Å². The van der Waals surface area contributed by atoms with Gasteiger partial charge in [0.05, 0.1) is 15.5 Å². The Bertz CT molecular complexity index is 615. The first-order valence-electron chi connectivity index (χ1n) is 6.75. The molecule has 0 amide bonds. The number of benzene rings is 1. The van der Waals surface area contributed by atoms with Crippen LogP contribution in [0.1, 0.15) is 44.1 Å². The largest absolute Gasteiger partial charge is 0.240 e. The van der Waals surface area contributed by atoms with Crippen molar-refractivity contribution in [2.75, 3.05) is 0 Å². The molecule has 0 aliphatic heterocycles. The van der Waals surface area contributed by atoms with Crippen LogP contribution in [-0.2, 0) is 10.0 Å². The topological polar surface area (TPSA) is 70.0 Å². The molecular formula is C14H17ClN2O2S. The minimum Gasteiger partial charge on any atom is -0.208 e. The molecule has 0 atom stereocenters. The van der Waals surface area contributed by atoms with Crippen LogP contribution >= 0.6 is 11.6 Å². The average Bonchev–Trinajstić information content (AvgIpc) is 2.66. The SMILES string of the molecule is N#Cc1ccc(S(=O)(=O)NC2CCCCCC2)cc1Cl. The van der Waals surface area contributed by atoms with Crippen LogP contribution < -0.4 is 4.72 Å². The van der Waals surface area contributed by atoms with Gasteiger partial charge in [-0.25, -0.2) is 13.1 Å². The zero-order chi connectivity index (χ0) is 14.6. The van der Waals surface area contributed by atoms with E-state index in [0.717, 1.165) is 25.7 Å². The lowest BCUT2D eigenvalue weighted by Gasteiger charge is -2.16. The van der Waals surface area contributed by atoms with Crippen molar-refractivity contribution < 1.29 is 8.42 Å². The Hall–Kier alpha value is -1.09. The van der Waals surface area contributed by atoms with Crippen LogP contribution in [0.15, 0.2) is 23.1 Å². The van der Waals surface area contributed by atoms with Gasteiger partial charge in [-0.15, -0.1) is 0 Å². The smallest absolute Gasteiger partial charge is 0.208 e. The number of nitrogens with zero attached hydrogens (tertiary/aromatic N) is 1. The molecule has 1 aliphatic carbocycles. The highest BCUT2D eigenvalue weighted by atomic mass is 35.5. The summed E-state index contributed by atoms with van der Waals surface area (Å²) in [5.41, 5.74) is 0.278. The molecule has 0 unspecified atom stereocenters. The van der Waals surface area contributed by atoms with Gasteiger partial charge in [-0.1, -0.05) is 37.3 Å². The number of sulfonamides is 1. The standard InChI is InChI=1S/C14H17ClN2O2S/c15-14-9-13(8-7-11(14)10-16)20(18,19)17-12-5-3-1-2-4-6-12/h7-9,12,17H,1-6H2. The zero-order valence-corrected chi connectivity index (χ0v) is 12.7. The molecule has 1 aromatic carbocycles. The van der Waals surface area contributed by atoms with E-state index in [4.69, 9.17) is 16.9 Å². The fourth-order valence-corrected chi connectivity index (χ4v) is 4.06. The molecule has 1 fully saturated rings. The maximum atomic E-state index is 12.3. The molecule has 0 spiro atoms. The second-order valence-electron chi connectivity index (χ2n) is 5.06. The van der Waals surface area contributed by atoms with Crippen molar-refractivity contribution in [3.8, 4) is 6.07 Å². The number of halogens is 1. The molecule has 0 saturated heterocycles. The minimum absolute atomic E-state index is 0.00285. The third-order valence-corrected chi connectivity index (χ3v) is 5.38. The number of rotatable bonds is 3. The number of hydrogen-bond acceptors (Lipinski definition) is 3. The lowest BCUT2D eigenvalue weighted by atomic mass is 10.1. The highest BCUT2D eigenvalue weighted by molar-refractivity contribution is 7.89. The molecule has 1 saturated carbocycles. The Morgan fingerprint density at radius 3 is 2.40 bits per heavy atom. The highest BCUT2D eigenvalue weighted by Crippen LogP contribution is 2.22. The summed E-state index contributed by atoms with van der Waals surface area (Å²) in [4.78, 5) is 0.116. The van der Waals surface area contributed by atoms with Gasteiger partial charge in [0.2, 0.25) is 10.0 Å². The molecule has 4 nitrogen and oxygen atoms in total. The van der Waals surface area contributed by atoms with Gasteiger partial charge >= 0.3 is 0 Å². The van der Waals surface area contributed by atoms with E-state index < -0.39 is 10.0 Å². The van der Waals surface area contributed by atoms with Gasteiger partial charge in [0, 0.05) is 6.04 Å². The Morgan fingerprint density at radius 2 is 1.85 bits per heavy atom. The molecule has 1 aliphatic rings. The Balaban J connectivity index is 2.17. The van der Waals surface area contributed by atoms with Crippen molar-refractivity contribution in [3.63, 3.8) is 0 Å². The van der Waals surface area contributed by atoms with Crippen molar-refractivity contribution >= 4 is 21.6 Å². The van der Waals surface area contributed by atoms with Gasteiger partial charge in [-0.05, 0) is 31.0 Å². The predicted molar refractivity (Wildman–Crippen MR) is 78.0 cm³/mol. The molecular weight excluding hydrogens is 296 g/mol. The lowest BCUT2D eigenvalue weighted by molar-refractivity contribution is 0.510. The monoisotopic (exact) mass is 312 g/mol. The number of nitrogens with one attached hydrogen (secondary N) is 1. The summed E-state index contributed by atoms with van der Waals surface area (Å²) in [6.07, 6.45) is 6.21. The van der Waals surface area contributed by atoms with E-state index in [-0.39, 0.29) is 21.5 Å². The van der Waals surface area contributed by atoms with E-state index in [1.807, 2.05) is 6.07 Å². The Labute approximate surface area is 124 Å². The summed E-state index contributed by atoms with van der Waals surface area (Å²) in [6, 6.07) is 6.10. The minimum atomic E-state index is -3.57. The van der Waals surface area contributed by atoms with E-state index >= 15 is 0 Å². The van der Waals surface area contributed by atoms with Gasteiger partial charge in [-0.2, -0.15) is 5.26 Å². The normalized spacial score (nSPS) is 17.4.